The van der Waals surface area contributed by atoms with E-state index >= 15 is 0 Å². The number of rotatable bonds is 4. The highest BCUT2D eigenvalue weighted by Gasteiger charge is 2.54. The molecule has 0 bridgehead atoms. The minimum Gasteiger partial charge on any atom is -0.508 e. The number of amides is 1. The van der Waals surface area contributed by atoms with Crippen LogP contribution in [-0.2, 0) is 20.7 Å². The molecule has 1 amide bonds. The zero-order chi connectivity index (χ0) is 18.1. The van der Waals surface area contributed by atoms with E-state index in [0.29, 0.717) is 12.5 Å². The number of carbonyl (C=O) groups excluding carboxylic acids is 1. The lowest BCUT2D eigenvalue weighted by Crippen LogP contribution is -2.23. The first kappa shape index (κ1) is 20.4. The van der Waals surface area contributed by atoms with Crippen LogP contribution < -0.4 is 5.32 Å². The molecule has 3 rings (SSSR count). The lowest BCUT2D eigenvalue weighted by Gasteiger charge is -2.13. The van der Waals surface area contributed by atoms with Crippen LogP contribution in [0.4, 0.5) is 0 Å². The lowest BCUT2D eigenvalue weighted by molar-refractivity contribution is -0.118. The zero-order valence-corrected chi connectivity index (χ0v) is 14.9. The van der Waals surface area contributed by atoms with Gasteiger partial charge in [-0.2, -0.15) is 0 Å². The maximum atomic E-state index is 10.5. The Morgan fingerprint density at radius 1 is 1.21 bits per heavy atom. The van der Waals surface area contributed by atoms with Crippen LogP contribution in [0.1, 0.15) is 33.3 Å². The van der Waals surface area contributed by atoms with E-state index < -0.39 is 0 Å². The van der Waals surface area contributed by atoms with Gasteiger partial charge in [0.05, 0.1) is 12.7 Å². The number of epoxide rings is 1. The van der Waals surface area contributed by atoms with E-state index in [4.69, 9.17) is 19.7 Å². The van der Waals surface area contributed by atoms with E-state index in [0.717, 1.165) is 12.0 Å². The number of aromatic hydroxyl groups is 1. The van der Waals surface area contributed by atoms with E-state index in [2.05, 4.69) is 5.32 Å². The molecule has 4 unspecified atom stereocenters. The van der Waals surface area contributed by atoms with Gasteiger partial charge >= 0.3 is 0 Å². The molecule has 6 nitrogen and oxygen atoms in total. The minimum absolute atomic E-state index is 0.0112. The molecule has 0 aliphatic carbocycles. The Morgan fingerprint density at radius 3 is 2.25 bits per heavy atom. The van der Waals surface area contributed by atoms with E-state index in [1.165, 1.54) is 6.92 Å². The summed E-state index contributed by atoms with van der Waals surface area (Å²) in [6, 6.07) is 6.97. The molecule has 24 heavy (non-hydrogen) atoms. The predicted octanol–water partition coefficient (Wildman–Crippen LogP) is 1.84. The van der Waals surface area contributed by atoms with Crippen molar-refractivity contribution in [3.63, 3.8) is 0 Å². The summed E-state index contributed by atoms with van der Waals surface area (Å²) >= 11 is 0. The molecule has 0 spiro atoms. The first-order valence-electron chi connectivity index (χ1n) is 8.45. The molecule has 2 fully saturated rings. The minimum atomic E-state index is -0.0150. The van der Waals surface area contributed by atoms with Crippen LogP contribution in [0, 0.1) is 5.92 Å². The summed E-state index contributed by atoms with van der Waals surface area (Å²) in [7, 11) is 0. The molecule has 2 heterocycles. The van der Waals surface area contributed by atoms with E-state index in [1.54, 1.807) is 12.1 Å². The Hall–Kier alpha value is -1.63. The lowest BCUT2D eigenvalue weighted by atomic mass is 10.0. The fraction of sp³-hybridized carbons (Fsp3) is 0.611. The van der Waals surface area contributed by atoms with Crippen molar-refractivity contribution in [3.05, 3.63) is 29.8 Å². The first-order chi connectivity index (χ1) is 11.5. The van der Waals surface area contributed by atoms with Crippen LogP contribution in [0.25, 0.3) is 0 Å². The van der Waals surface area contributed by atoms with E-state index in [-0.39, 0.29) is 36.8 Å². The third-order valence-corrected chi connectivity index (χ3v) is 3.80. The molecule has 0 aromatic heterocycles. The van der Waals surface area contributed by atoms with Gasteiger partial charge in [-0.05, 0) is 24.1 Å². The van der Waals surface area contributed by atoms with Crippen molar-refractivity contribution in [2.75, 3.05) is 13.2 Å². The number of hydrogen-bond donors (Lipinski definition) is 3. The maximum absolute atomic E-state index is 10.5. The van der Waals surface area contributed by atoms with E-state index in [1.807, 2.05) is 32.9 Å². The van der Waals surface area contributed by atoms with Gasteiger partial charge in [-0.25, -0.2) is 0 Å². The zero-order valence-electron chi connectivity index (χ0n) is 14.9. The molecule has 1 aromatic carbocycles. The van der Waals surface area contributed by atoms with Gasteiger partial charge < -0.3 is 25.0 Å². The number of hydrogen-bond acceptors (Lipinski definition) is 5. The first-order valence-corrected chi connectivity index (χ1v) is 8.45. The summed E-state index contributed by atoms with van der Waals surface area (Å²) in [6.45, 7) is 8.30. The van der Waals surface area contributed by atoms with Gasteiger partial charge in [0.1, 0.15) is 11.9 Å². The van der Waals surface area contributed by atoms with Crippen LogP contribution in [0.15, 0.2) is 24.3 Å². The van der Waals surface area contributed by atoms with Crippen molar-refractivity contribution in [2.45, 2.75) is 52.6 Å². The van der Waals surface area contributed by atoms with Gasteiger partial charge in [-0.1, -0.05) is 32.9 Å². The molecule has 3 N–H and O–H groups in total. The van der Waals surface area contributed by atoms with Crippen LogP contribution in [-0.4, -0.2) is 47.8 Å². The number of phenolic OH excluding ortho intramolecular Hbond substituents is 1. The Morgan fingerprint density at radius 2 is 1.83 bits per heavy atom. The molecule has 2 aliphatic rings. The summed E-state index contributed by atoms with van der Waals surface area (Å²) in [5, 5.41) is 20.4. The summed E-state index contributed by atoms with van der Waals surface area (Å²) < 4.78 is 10.3. The third kappa shape index (κ3) is 6.47. The second-order valence-corrected chi connectivity index (χ2v) is 5.58. The van der Waals surface area contributed by atoms with Crippen LogP contribution in [0.5, 0.6) is 5.75 Å². The van der Waals surface area contributed by atoms with Crippen molar-refractivity contribution < 1.29 is 24.5 Å². The summed E-state index contributed by atoms with van der Waals surface area (Å²) in [5.41, 5.74) is 1.10. The Bertz CT molecular complexity index is 491. The summed E-state index contributed by atoms with van der Waals surface area (Å²) in [5.74, 6) is 0.627. The number of fused-ring (bicyclic) bond motifs is 1. The Kier molecular flexibility index (Phi) is 8.74. The fourth-order valence-electron chi connectivity index (χ4n) is 2.35. The number of aliphatic hydroxyl groups excluding tert-OH is 1. The molecular weight excluding hydrogens is 310 g/mol. The van der Waals surface area contributed by atoms with Crippen molar-refractivity contribution in [2.24, 2.45) is 5.92 Å². The standard InChI is InChI=1S/C10H13NO2.C6H10O3.C2H6/c1-8(12)11-7-6-9-2-4-10(13)5-3-9;1-3-4(2-7)8-6-5(3)9-6;1-2/h2-5,13H,6-7H2,1H3,(H,11,12);3-7H,2H2,1H3;1-2H3. The van der Waals surface area contributed by atoms with Crippen molar-refractivity contribution in [1.29, 1.82) is 0 Å². The molecule has 4 atom stereocenters. The van der Waals surface area contributed by atoms with Gasteiger partial charge in [0.2, 0.25) is 5.91 Å². The SMILES string of the molecule is CC.CC(=O)NCCc1ccc(O)cc1.CC1C(CO)OC2OC21. The molecule has 6 heteroatoms. The summed E-state index contributed by atoms with van der Waals surface area (Å²) in [6.07, 6.45) is 1.10. The monoisotopic (exact) mass is 339 g/mol. The number of phenols is 1. The van der Waals surface area contributed by atoms with Crippen molar-refractivity contribution in [3.8, 4) is 5.75 Å². The highest BCUT2D eigenvalue weighted by molar-refractivity contribution is 5.72. The molecule has 1 aromatic rings. The number of nitrogens with one attached hydrogen (secondary N) is 1. The smallest absolute Gasteiger partial charge is 0.216 e. The van der Waals surface area contributed by atoms with Crippen molar-refractivity contribution in [1.82, 2.24) is 5.32 Å². The average Bonchev–Trinajstić information content (AvgIpc) is 3.29. The van der Waals surface area contributed by atoms with Gasteiger partial charge in [-0.3, -0.25) is 4.79 Å². The van der Waals surface area contributed by atoms with Crippen LogP contribution in [0.2, 0.25) is 0 Å². The summed E-state index contributed by atoms with van der Waals surface area (Å²) in [4.78, 5) is 10.5. The normalized spacial score (nSPS) is 26.2. The molecule has 2 saturated heterocycles. The number of benzene rings is 1. The fourth-order valence-corrected chi connectivity index (χ4v) is 2.35. The molecule has 0 saturated carbocycles. The number of ether oxygens (including phenoxy) is 2. The molecule has 136 valence electrons. The van der Waals surface area contributed by atoms with E-state index in [9.17, 15) is 4.79 Å². The quantitative estimate of drug-likeness (QED) is 0.728. The van der Waals surface area contributed by atoms with Crippen molar-refractivity contribution >= 4 is 5.91 Å². The van der Waals surface area contributed by atoms with Crippen LogP contribution in [0.3, 0.4) is 0 Å². The maximum Gasteiger partial charge on any atom is 0.216 e. The predicted molar refractivity (Wildman–Crippen MR) is 91.6 cm³/mol. The second-order valence-electron chi connectivity index (χ2n) is 5.58. The highest BCUT2D eigenvalue weighted by Crippen LogP contribution is 2.41. The van der Waals surface area contributed by atoms with Gasteiger partial charge in [0.25, 0.3) is 0 Å². The Balaban J connectivity index is 0.000000227. The van der Waals surface area contributed by atoms with Gasteiger partial charge in [0.15, 0.2) is 6.29 Å². The third-order valence-electron chi connectivity index (χ3n) is 3.80. The highest BCUT2D eigenvalue weighted by atomic mass is 16.8. The Labute approximate surface area is 143 Å². The van der Waals surface area contributed by atoms with Gasteiger partial charge in [-0.15, -0.1) is 0 Å². The largest absolute Gasteiger partial charge is 0.508 e. The molecule has 0 radical (unpaired) electrons. The molecular formula is C18H29NO5. The van der Waals surface area contributed by atoms with Crippen LogP contribution >= 0.6 is 0 Å². The second kappa shape index (κ2) is 10.3. The number of aliphatic hydroxyl groups is 1. The average molecular weight is 339 g/mol. The van der Waals surface area contributed by atoms with Gasteiger partial charge in [0, 0.05) is 19.4 Å². The topological polar surface area (TPSA) is 91.3 Å². The number of carbonyl (C=O) groups is 1. The molecule has 2 aliphatic heterocycles.